The molecule has 0 saturated carbocycles. The smallest absolute Gasteiger partial charge is 0.207 e. The monoisotopic (exact) mass is 188 g/mol. The van der Waals surface area contributed by atoms with Gasteiger partial charge >= 0.3 is 0 Å². The van der Waals surface area contributed by atoms with Crippen molar-refractivity contribution in [1.29, 1.82) is 0 Å². The van der Waals surface area contributed by atoms with Gasteiger partial charge in [0.05, 0.1) is 0 Å². The first kappa shape index (κ1) is 12.4. The topological polar surface area (TPSA) is 50.4 Å². The van der Waals surface area contributed by atoms with E-state index in [1.165, 1.54) is 0 Å². The average molecular weight is 188 g/mol. The van der Waals surface area contributed by atoms with E-state index in [0.29, 0.717) is 13.0 Å². The second-order valence-corrected chi connectivity index (χ2v) is 2.85. The van der Waals surface area contributed by atoms with Crippen LogP contribution in [0.2, 0.25) is 0 Å². The van der Waals surface area contributed by atoms with Crippen LogP contribution in [0.25, 0.3) is 0 Å². The van der Waals surface area contributed by atoms with Crippen molar-refractivity contribution in [3.63, 3.8) is 0 Å². The van der Waals surface area contributed by atoms with Crippen LogP contribution in [0.3, 0.4) is 0 Å². The summed E-state index contributed by atoms with van der Waals surface area (Å²) >= 11 is 0. The molecule has 0 aliphatic heterocycles. The maximum absolute atomic E-state index is 9.85. The predicted molar refractivity (Wildman–Crippen MR) is 52.7 cm³/mol. The Balaban J connectivity index is 2.79. The molecule has 0 fully saturated rings. The molecule has 0 heterocycles. The van der Waals surface area contributed by atoms with Crippen LogP contribution in [0.4, 0.5) is 0 Å². The van der Waals surface area contributed by atoms with Crippen molar-refractivity contribution in [3.05, 3.63) is 0 Å². The van der Waals surface area contributed by atoms with Crippen molar-refractivity contribution < 1.29 is 9.53 Å². The number of ether oxygens (including phenoxy) is 1. The van der Waals surface area contributed by atoms with Crippen molar-refractivity contribution in [3.8, 4) is 0 Å². The molecule has 1 amide bonds. The molecule has 78 valence electrons. The van der Waals surface area contributed by atoms with Gasteiger partial charge in [-0.05, 0) is 32.9 Å². The molecule has 0 rings (SSSR count). The molecule has 0 aromatic rings. The molecule has 0 aliphatic rings. The zero-order chi connectivity index (χ0) is 9.78. The number of nitrogens with one attached hydrogen (secondary N) is 2. The van der Waals surface area contributed by atoms with E-state index in [-0.39, 0.29) is 0 Å². The van der Waals surface area contributed by atoms with Crippen molar-refractivity contribution in [2.75, 3.05) is 33.4 Å². The van der Waals surface area contributed by atoms with Crippen molar-refractivity contribution >= 4 is 6.41 Å². The van der Waals surface area contributed by atoms with Gasteiger partial charge in [0.2, 0.25) is 6.41 Å². The van der Waals surface area contributed by atoms with Gasteiger partial charge in [-0.3, -0.25) is 4.79 Å². The van der Waals surface area contributed by atoms with Crippen LogP contribution >= 0.6 is 0 Å². The Kier molecular flexibility index (Phi) is 10.9. The lowest BCUT2D eigenvalue weighted by Crippen LogP contribution is -2.14. The summed E-state index contributed by atoms with van der Waals surface area (Å²) < 4.78 is 5.34. The second-order valence-electron chi connectivity index (χ2n) is 2.85. The molecule has 4 nitrogen and oxygen atoms in total. The molecule has 0 aromatic heterocycles. The average Bonchev–Trinajstić information content (AvgIpc) is 2.16. The summed E-state index contributed by atoms with van der Waals surface area (Å²) in [6, 6.07) is 0. The summed E-state index contributed by atoms with van der Waals surface area (Å²) in [5.74, 6) is 0. The fourth-order valence-electron chi connectivity index (χ4n) is 0.943. The van der Waals surface area contributed by atoms with E-state index < -0.39 is 0 Å². The minimum absolute atomic E-state index is 0.708. The predicted octanol–water partition coefficient (Wildman–Crippen LogP) is 0.139. The zero-order valence-electron chi connectivity index (χ0n) is 8.34. The van der Waals surface area contributed by atoms with Gasteiger partial charge in [-0.1, -0.05) is 0 Å². The summed E-state index contributed by atoms with van der Waals surface area (Å²) in [4.78, 5) is 9.85. The van der Waals surface area contributed by atoms with E-state index >= 15 is 0 Å². The normalized spacial score (nSPS) is 9.92. The molecule has 13 heavy (non-hydrogen) atoms. The minimum Gasteiger partial charge on any atom is -0.381 e. The Morgan fingerprint density at radius 2 is 1.92 bits per heavy atom. The highest BCUT2D eigenvalue weighted by Gasteiger charge is 1.89. The first-order valence-corrected chi connectivity index (χ1v) is 4.81. The van der Waals surface area contributed by atoms with Crippen molar-refractivity contribution in [1.82, 2.24) is 10.6 Å². The summed E-state index contributed by atoms with van der Waals surface area (Å²) in [6.45, 7) is 3.32. The van der Waals surface area contributed by atoms with Gasteiger partial charge in [0, 0.05) is 19.8 Å². The highest BCUT2D eigenvalue weighted by Crippen LogP contribution is 1.89. The molecule has 0 unspecified atom stereocenters. The zero-order valence-corrected chi connectivity index (χ0v) is 8.34. The van der Waals surface area contributed by atoms with Gasteiger partial charge in [0.1, 0.15) is 0 Å². The molecule has 0 aromatic carbocycles. The SMILES string of the molecule is CNCCCCOCCCNC=O. The third kappa shape index (κ3) is 11.4. The Morgan fingerprint density at radius 3 is 2.62 bits per heavy atom. The fraction of sp³-hybridized carbons (Fsp3) is 0.889. The molecule has 0 bridgehead atoms. The Hall–Kier alpha value is -0.610. The van der Waals surface area contributed by atoms with Gasteiger partial charge in [0.25, 0.3) is 0 Å². The third-order valence-electron chi connectivity index (χ3n) is 1.66. The Bertz CT molecular complexity index is 110. The van der Waals surface area contributed by atoms with Crippen molar-refractivity contribution in [2.45, 2.75) is 19.3 Å². The number of amides is 1. The molecule has 2 N–H and O–H groups in total. The number of rotatable bonds is 10. The molecular formula is C9H20N2O2. The lowest BCUT2D eigenvalue weighted by atomic mass is 10.3. The fourth-order valence-corrected chi connectivity index (χ4v) is 0.943. The first-order chi connectivity index (χ1) is 6.41. The molecular weight excluding hydrogens is 168 g/mol. The van der Waals surface area contributed by atoms with Crippen LogP contribution in [0.5, 0.6) is 0 Å². The summed E-state index contributed by atoms with van der Waals surface area (Å²) in [7, 11) is 1.95. The maximum atomic E-state index is 9.85. The van der Waals surface area contributed by atoms with Crippen LogP contribution < -0.4 is 10.6 Å². The van der Waals surface area contributed by atoms with E-state index in [1.54, 1.807) is 0 Å². The number of hydrogen-bond donors (Lipinski definition) is 2. The molecule has 0 radical (unpaired) electrons. The first-order valence-electron chi connectivity index (χ1n) is 4.81. The molecule has 0 aliphatic carbocycles. The molecule has 4 heteroatoms. The van der Waals surface area contributed by atoms with E-state index in [4.69, 9.17) is 4.74 Å². The van der Waals surface area contributed by atoms with Gasteiger partial charge < -0.3 is 15.4 Å². The largest absolute Gasteiger partial charge is 0.381 e. The van der Waals surface area contributed by atoms with E-state index in [1.807, 2.05) is 7.05 Å². The van der Waals surface area contributed by atoms with Crippen LogP contribution in [0, 0.1) is 0 Å². The minimum atomic E-state index is 0.708. The van der Waals surface area contributed by atoms with Gasteiger partial charge in [0.15, 0.2) is 0 Å². The molecule has 0 spiro atoms. The van der Waals surface area contributed by atoms with E-state index in [2.05, 4.69) is 10.6 Å². The third-order valence-corrected chi connectivity index (χ3v) is 1.66. The van der Waals surface area contributed by atoms with Gasteiger partial charge in [-0.25, -0.2) is 0 Å². The van der Waals surface area contributed by atoms with E-state index in [9.17, 15) is 4.79 Å². The summed E-state index contributed by atoms with van der Waals surface area (Å²) in [6.07, 6.45) is 3.86. The summed E-state index contributed by atoms with van der Waals surface area (Å²) in [5, 5.41) is 5.67. The maximum Gasteiger partial charge on any atom is 0.207 e. The van der Waals surface area contributed by atoms with Crippen molar-refractivity contribution in [2.24, 2.45) is 0 Å². The molecule has 0 saturated heterocycles. The standard InChI is InChI=1S/C9H20N2O2/c1-10-5-2-3-7-13-8-4-6-11-9-12/h9-10H,2-8H2,1H3,(H,11,12). The lowest BCUT2D eigenvalue weighted by molar-refractivity contribution is -0.109. The Morgan fingerprint density at radius 1 is 1.15 bits per heavy atom. The number of hydrogen-bond acceptors (Lipinski definition) is 3. The summed E-state index contributed by atoms with van der Waals surface area (Å²) in [5.41, 5.74) is 0. The number of carbonyl (C=O) groups is 1. The second kappa shape index (κ2) is 11.4. The highest BCUT2D eigenvalue weighted by molar-refractivity contribution is 5.45. The number of unbranched alkanes of at least 4 members (excludes halogenated alkanes) is 1. The van der Waals surface area contributed by atoms with Crippen LogP contribution in [0.15, 0.2) is 0 Å². The quantitative estimate of drug-likeness (QED) is 0.379. The van der Waals surface area contributed by atoms with Crippen LogP contribution in [-0.2, 0) is 9.53 Å². The number of carbonyl (C=O) groups excluding carboxylic acids is 1. The van der Waals surface area contributed by atoms with Gasteiger partial charge in [-0.2, -0.15) is 0 Å². The van der Waals surface area contributed by atoms with Gasteiger partial charge in [-0.15, -0.1) is 0 Å². The molecule has 0 atom stereocenters. The lowest BCUT2D eigenvalue weighted by Gasteiger charge is -2.03. The highest BCUT2D eigenvalue weighted by atomic mass is 16.5. The Labute approximate surface area is 80.0 Å². The van der Waals surface area contributed by atoms with E-state index in [0.717, 1.165) is 39.0 Å². The van der Waals surface area contributed by atoms with Crippen LogP contribution in [0.1, 0.15) is 19.3 Å². The van der Waals surface area contributed by atoms with Crippen LogP contribution in [-0.4, -0.2) is 39.8 Å².